The monoisotopic (exact) mass is 324 g/mol. The van der Waals surface area contributed by atoms with Crippen molar-refractivity contribution in [3.8, 4) is 11.5 Å². The summed E-state index contributed by atoms with van der Waals surface area (Å²) in [5.41, 5.74) is 3.34. The number of methoxy groups -OCH3 is 1. The Morgan fingerprint density at radius 2 is 1.92 bits per heavy atom. The number of hydrogen-bond donors (Lipinski definition) is 2. The van der Waals surface area contributed by atoms with Gasteiger partial charge in [0.2, 0.25) is 5.95 Å². The van der Waals surface area contributed by atoms with Crippen molar-refractivity contribution in [2.24, 2.45) is 0 Å². The van der Waals surface area contributed by atoms with Crippen molar-refractivity contribution in [2.75, 3.05) is 12.4 Å². The standard InChI is InChI=1S/C18H20N4O2/c1-13-6-3-4-7-15(13)11-24-17-14(8-5-9-16(17)23-2)10-19-18-20-12-21-22-18/h3-9,12H,10-11H2,1-2H3,(H2,19,20,21,22). The van der Waals surface area contributed by atoms with Gasteiger partial charge in [-0.3, -0.25) is 0 Å². The maximum atomic E-state index is 6.08. The number of nitrogens with one attached hydrogen (secondary N) is 2. The van der Waals surface area contributed by atoms with Crippen molar-refractivity contribution in [3.63, 3.8) is 0 Å². The van der Waals surface area contributed by atoms with E-state index >= 15 is 0 Å². The Bertz CT molecular complexity index is 787. The average Bonchev–Trinajstić information content (AvgIpc) is 3.13. The van der Waals surface area contributed by atoms with E-state index in [-0.39, 0.29) is 0 Å². The summed E-state index contributed by atoms with van der Waals surface area (Å²) in [6.07, 6.45) is 1.46. The second-order valence-corrected chi connectivity index (χ2v) is 5.35. The van der Waals surface area contributed by atoms with Gasteiger partial charge in [0.25, 0.3) is 0 Å². The molecule has 0 radical (unpaired) electrons. The van der Waals surface area contributed by atoms with Gasteiger partial charge in [0, 0.05) is 12.1 Å². The van der Waals surface area contributed by atoms with Gasteiger partial charge in [-0.1, -0.05) is 36.4 Å². The predicted octanol–water partition coefficient (Wildman–Crippen LogP) is 3.31. The molecule has 0 aliphatic carbocycles. The van der Waals surface area contributed by atoms with Crippen molar-refractivity contribution in [3.05, 3.63) is 65.5 Å². The number of H-pyrrole nitrogens is 1. The van der Waals surface area contributed by atoms with E-state index in [2.05, 4.69) is 39.6 Å². The van der Waals surface area contributed by atoms with Gasteiger partial charge < -0.3 is 14.8 Å². The van der Waals surface area contributed by atoms with Crippen LogP contribution < -0.4 is 14.8 Å². The zero-order valence-corrected chi connectivity index (χ0v) is 13.7. The molecule has 0 amide bonds. The molecule has 0 aliphatic rings. The molecular formula is C18H20N4O2. The zero-order chi connectivity index (χ0) is 16.8. The molecule has 0 unspecified atom stereocenters. The second-order valence-electron chi connectivity index (χ2n) is 5.35. The molecule has 0 spiro atoms. The fourth-order valence-corrected chi connectivity index (χ4v) is 2.42. The third kappa shape index (κ3) is 3.65. The van der Waals surface area contributed by atoms with Crippen LogP contribution in [-0.4, -0.2) is 22.3 Å². The van der Waals surface area contributed by atoms with Crippen molar-refractivity contribution in [2.45, 2.75) is 20.1 Å². The smallest absolute Gasteiger partial charge is 0.218 e. The Hall–Kier alpha value is -3.02. The van der Waals surface area contributed by atoms with E-state index in [9.17, 15) is 0 Å². The van der Waals surface area contributed by atoms with Gasteiger partial charge in [-0.2, -0.15) is 5.10 Å². The third-order valence-corrected chi connectivity index (χ3v) is 3.77. The first-order valence-corrected chi connectivity index (χ1v) is 7.70. The Morgan fingerprint density at radius 3 is 2.67 bits per heavy atom. The van der Waals surface area contributed by atoms with Crippen LogP contribution in [0.4, 0.5) is 5.95 Å². The largest absolute Gasteiger partial charge is 0.493 e. The lowest BCUT2D eigenvalue weighted by molar-refractivity contribution is 0.281. The van der Waals surface area contributed by atoms with Crippen LogP contribution >= 0.6 is 0 Å². The molecule has 24 heavy (non-hydrogen) atoms. The summed E-state index contributed by atoms with van der Waals surface area (Å²) in [4.78, 5) is 4.06. The number of nitrogens with zero attached hydrogens (tertiary/aromatic N) is 2. The second kappa shape index (κ2) is 7.50. The summed E-state index contributed by atoms with van der Waals surface area (Å²) in [6, 6.07) is 14.0. The maximum absolute atomic E-state index is 6.08. The molecule has 0 atom stereocenters. The molecule has 0 bridgehead atoms. The fourth-order valence-electron chi connectivity index (χ4n) is 2.42. The topological polar surface area (TPSA) is 72.1 Å². The number of hydrogen-bond acceptors (Lipinski definition) is 5. The highest BCUT2D eigenvalue weighted by Crippen LogP contribution is 2.32. The highest BCUT2D eigenvalue weighted by molar-refractivity contribution is 5.48. The average molecular weight is 324 g/mol. The Labute approximate surface area is 140 Å². The van der Waals surface area contributed by atoms with Crippen LogP contribution in [-0.2, 0) is 13.2 Å². The fraction of sp³-hybridized carbons (Fsp3) is 0.222. The molecular weight excluding hydrogens is 304 g/mol. The van der Waals surface area contributed by atoms with Crippen molar-refractivity contribution < 1.29 is 9.47 Å². The summed E-state index contributed by atoms with van der Waals surface area (Å²) < 4.78 is 11.5. The number of benzene rings is 2. The van der Waals surface area contributed by atoms with Crippen LogP contribution in [0.5, 0.6) is 11.5 Å². The van der Waals surface area contributed by atoms with Crippen LogP contribution in [0.1, 0.15) is 16.7 Å². The lowest BCUT2D eigenvalue weighted by Crippen LogP contribution is -2.06. The Morgan fingerprint density at radius 1 is 1.08 bits per heavy atom. The number of aryl methyl sites for hydroxylation is 1. The summed E-state index contributed by atoms with van der Waals surface area (Å²) in [6.45, 7) is 3.12. The Kier molecular flexibility index (Phi) is 4.96. The van der Waals surface area contributed by atoms with Crippen LogP contribution in [0, 0.1) is 6.92 Å². The van der Waals surface area contributed by atoms with Crippen molar-refractivity contribution >= 4 is 5.95 Å². The van der Waals surface area contributed by atoms with E-state index in [0.717, 1.165) is 16.9 Å². The number of aromatic nitrogens is 3. The predicted molar refractivity (Wildman–Crippen MR) is 92.2 cm³/mol. The molecule has 3 aromatic rings. The molecule has 1 heterocycles. The number of anilines is 1. The third-order valence-electron chi connectivity index (χ3n) is 3.77. The molecule has 2 N–H and O–H groups in total. The number of ether oxygens (including phenoxy) is 2. The minimum atomic E-state index is 0.488. The van der Waals surface area contributed by atoms with Gasteiger partial charge in [-0.25, -0.2) is 10.1 Å². The summed E-state index contributed by atoms with van der Waals surface area (Å²) >= 11 is 0. The summed E-state index contributed by atoms with van der Waals surface area (Å²) in [5.74, 6) is 2.05. The Balaban J connectivity index is 1.78. The number of para-hydroxylation sites is 1. The molecule has 6 nitrogen and oxygen atoms in total. The van der Waals surface area contributed by atoms with Crippen LogP contribution in [0.2, 0.25) is 0 Å². The highest BCUT2D eigenvalue weighted by atomic mass is 16.5. The SMILES string of the molecule is COc1cccc(CNc2ncn[nH]2)c1OCc1ccccc1C. The molecule has 0 aliphatic heterocycles. The van der Waals surface area contributed by atoms with Crippen molar-refractivity contribution in [1.82, 2.24) is 15.2 Å². The van der Waals surface area contributed by atoms with Crippen LogP contribution in [0.15, 0.2) is 48.8 Å². The first kappa shape index (κ1) is 15.9. The lowest BCUT2D eigenvalue weighted by atomic mass is 10.1. The van der Waals surface area contributed by atoms with E-state index in [1.54, 1.807) is 7.11 Å². The van der Waals surface area contributed by atoms with E-state index in [4.69, 9.17) is 9.47 Å². The van der Waals surface area contributed by atoms with E-state index in [1.807, 2.05) is 30.3 Å². The van der Waals surface area contributed by atoms with Gasteiger partial charge in [-0.05, 0) is 24.1 Å². The maximum Gasteiger partial charge on any atom is 0.218 e. The molecule has 3 rings (SSSR count). The first-order valence-electron chi connectivity index (χ1n) is 7.70. The molecule has 124 valence electrons. The normalized spacial score (nSPS) is 10.4. The van der Waals surface area contributed by atoms with Gasteiger partial charge >= 0.3 is 0 Å². The van der Waals surface area contributed by atoms with E-state index in [0.29, 0.717) is 24.8 Å². The summed E-state index contributed by atoms with van der Waals surface area (Å²) in [5, 5.41) is 9.78. The zero-order valence-electron chi connectivity index (χ0n) is 13.7. The van der Waals surface area contributed by atoms with Gasteiger partial charge in [0.05, 0.1) is 7.11 Å². The van der Waals surface area contributed by atoms with Gasteiger partial charge in [0.15, 0.2) is 11.5 Å². The number of rotatable bonds is 7. The van der Waals surface area contributed by atoms with Gasteiger partial charge in [-0.15, -0.1) is 0 Å². The molecule has 0 fully saturated rings. The van der Waals surface area contributed by atoms with Gasteiger partial charge in [0.1, 0.15) is 12.9 Å². The highest BCUT2D eigenvalue weighted by Gasteiger charge is 2.12. The number of aromatic amines is 1. The molecule has 0 saturated heterocycles. The van der Waals surface area contributed by atoms with Crippen LogP contribution in [0.25, 0.3) is 0 Å². The minimum Gasteiger partial charge on any atom is -0.493 e. The van der Waals surface area contributed by atoms with Crippen LogP contribution in [0.3, 0.4) is 0 Å². The van der Waals surface area contributed by atoms with E-state index in [1.165, 1.54) is 11.9 Å². The van der Waals surface area contributed by atoms with E-state index < -0.39 is 0 Å². The molecule has 1 aromatic heterocycles. The summed E-state index contributed by atoms with van der Waals surface area (Å²) in [7, 11) is 1.64. The molecule has 0 saturated carbocycles. The lowest BCUT2D eigenvalue weighted by Gasteiger charge is -2.16. The first-order chi connectivity index (χ1) is 11.8. The van der Waals surface area contributed by atoms with Crippen molar-refractivity contribution in [1.29, 1.82) is 0 Å². The molecule has 2 aromatic carbocycles. The quantitative estimate of drug-likeness (QED) is 0.697. The minimum absolute atomic E-state index is 0.488. The molecule has 6 heteroatoms.